The predicted octanol–water partition coefficient (Wildman–Crippen LogP) is 3.33. The number of hydrazine groups is 1. The smallest absolute Gasteiger partial charge is 0.0636 e. The van der Waals surface area contributed by atoms with Gasteiger partial charge >= 0.3 is 0 Å². The normalized spacial score (nSPS) is 19.6. The highest BCUT2D eigenvalue weighted by Crippen LogP contribution is 2.40. The molecule has 0 amide bonds. The van der Waals surface area contributed by atoms with Crippen molar-refractivity contribution in [1.82, 2.24) is 10.4 Å². The van der Waals surface area contributed by atoms with Crippen molar-refractivity contribution in [2.75, 3.05) is 0 Å². The molecule has 106 valence electrons. The third-order valence-corrected chi connectivity index (χ3v) is 5.47. The maximum Gasteiger partial charge on any atom is 0.0636 e. The summed E-state index contributed by atoms with van der Waals surface area (Å²) in [4.78, 5) is 7.37. The Kier molecular flexibility index (Phi) is 4.15. The number of rotatable bonds is 4. The molecular weight excluding hydrogens is 266 g/mol. The van der Waals surface area contributed by atoms with Crippen molar-refractivity contribution in [3.63, 3.8) is 0 Å². The number of thiophene rings is 1. The summed E-state index contributed by atoms with van der Waals surface area (Å²) in [6, 6.07) is 8.84. The van der Waals surface area contributed by atoms with Crippen LogP contribution in [-0.2, 0) is 12.8 Å². The first-order valence-electron chi connectivity index (χ1n) is 7.32. The van der Waals surface area contributed by atoms with E-state index in [1.165, 1.54) is 27.4 Å². The van der Waals surface area contributed by atoms with E-state index in [1.54, 1.807) is 0 Å². The molecule has 2 heterocycles. The van der Waals surface area contributed by atoms with Gasteiger partial charge in [-0.2, -0.15) is 0 Å². The molecule has 0 saturated heterocycles. The highest BCUT2D eigenvalue weighted by molar-refractivity contribution is 7.12. The molecule has 0 fully saturated rings. The summed E-state index contributed by atoms with van der Waals surface area (Å²) < 4.78 is 0. The largest absolute Gasteiger partial charge is 0.271 e. The van der Waals surface area contributed by atoms with E-state index in [0.29, 0.717) is 5.92 Å². The van der Waals surface area contributed by atoms with Crippen LogP contribution in [0, 0.1) is 0 Å². The molecule has 20 heavy (non-hydrogen) atoms. The molecule has 2 atom stereocenters. The fourth-order valence-electron chi connectivity index (χ4n) is 3.12. The number of fused-ring (bicyclic) bond motifs is 1. The minimum absolute atomic E-state index is 0.175. The first-order valence-corrected chi connectivity index (χ1v) is 8.13. The van der Waals surface area contributed by atoms with Crippen molar-refractivity contribution in [1.29, 1.82) is 0 Å². The van der Waals surface area contributed by atoms with E-state index in [0.717, 1.165) is 19.3 Å². The lowest BCUT2D eigenvalue weighted by atomic mass is 9.81. The zero-order valence-electron chi connectivity index (χ0n) is 11.8. The molecule has 3 N–H and O–H groups in total. The minimum Gasteiger partial charge on any atom is -0.271 e. The highest BCUT2D eigenvalue weighted by Gasteiger charge is 2.30. The van der Waals surface area contributed by atoms with Gasteiger partial charge in [-0.1, -0.05) is 13.0 Å². The topological polar surface area (TPSA) is 50.9 Å². The molecule has 0 aromatic carbocycles. The second-order valence-electron chi connectivity index (χ2n) is 5.35. The van der Waals surface area contributed by atoms with E-state index in [-0.39, 0.29) is 6.04 Å². The molecule has 0 bridgehead atoms. The molecule has 0 saturated carbocycles. The summed E-state index contributed by atoms with van der Waals surface area (Å²) in [5, 5.41) is 0. The maximum absolute atomic E-state index is 5.87. The predicted molar refractivity (Wildman–Crippen MR) is 83.7 cm³/mol. The van der Waals surface area contributed by atoms with Crippen LogP contribution in [0.5, 0.6) is 0 Å². The van der Waals surface area contributed by atoms with Gasteiger partial charge in [0.15, 0.2) is 0 Å². The van der Waals surface area contributed by atoms with Crippen molar-refractivity contribution < 1.29 is 0 Å². The van der Waals surface area contributed by atoms with E-state index >= 15 is 0 Å². The monoisotopic (exact) mass is 287 g/mol. The van der Waals surface area contributed by atoms with Gasteiger partial charge in [0.2, 0.25) is 0 Å². The van der Waals surface area contributed by atoms with Crippen LogP contribution in [0.2, 0.25) is 0 Å². The summed E-state index contributed by atoms with van der Waals surface area (Å²) >= 11 is 1.86. The molecule has 2 aromatic heterocycles. The van der Waals surface area contributed by atoms with E-state index in [1.807, 2.05) is 23.6 Å². The lowest BCUT2D eigenvalue weighted by molar-refractivity contribution is 0.404. The molecule has 2 unspecified atom stereocenters. The van der Waals surface area contributed by atoms with Crippen LogP contribution in [0.25, 0.3) is 0 Å². The Morgan fingerprint density at radius 2 is 2.35 bits per heavy atom. The van der Waals surface area contributed by atoms with Gasteiger partial charge in [-0.05, 0) is 49.4 Å². The third-order valence-electron chi connectivity index (χ3n) is 4.16. The van der Waals surface area contributed by atoms with Crippen LogP contribution in [-0.4, -0.2) is 4.98 Å². The number of hydrogen-bond acceptors (Lipinski definition) is 4. The summed E-state index contributed by atoms with van der Waals surface area (Å²) in [5.41, 5.74) is 5.65. The van der Waals surface area contributed by atoms with Crippen LogP contribution < -0.4 is 11.3 Å². The average molecular weight is 287 g/mol. The molecule has 0 radical (unpaired) electrons. The minimum atomic E-state index is 0.175. The first-order chi connectivity index (χ1) is 9.83. The van der Waals surface area contributed by atoms with Gasteiger partial charge in [0.25, 0.3) is 0 Å². The molecule has 3 rings (SSSR count). The average Bonchev–Trinajstić information content (AvgIpc) is 2.97. The van der Waals surface area contributed by atoms with E-state index in [9.17, 15) is 0 Å². The highest BCUT2D eigenvalue weighted by atomic mass is 32.1. The molecule has 3 nitrogen and oxygen atoms in total. The van der Waals surface area contributed by atoms with Crippen LogP contribution in [0.3, 0.4) is 0 Å². The number of pyridine rings is 1. The van der Waals surface area contributed by atoms with Crippen LogP contribution in [0.4, 0.5) is 0 Å². The summed E-state index contributed by atoms with van der Waals surface area (Å²) in [5.74, 6) is 6.26. The van der Waals surface area contributed by atoms with Crippen LogP contribution >= 0.6 is 11.3 Å². The van der Waals surface area contributed by atoms with Gasteiger partial charge < -0.3 is 0 Å². The molecule has 2 aromatic rings. The Balaban J connectivity index is 1.94. The fraction of sp³-hybridized carbons (Fsp3) is 0.438. The molecular formula is C16H21N3S. The standard InChI is InChI=1S/C16H21N3S/c1-2-12-8-9-14(20-12)16(19-17)13-7-3-5-11-6-4-10-18-15(11)13/h4,6,8-10,13,16,19H,2-3,5,7,17H2,1H3. The van der Waals surface area contributed by atoms with Crippen LogP contribution in [0.15, 0.2) is 30.5 Å². The zero-order valence-corrected chi connectivity index (χ0v) is 12.6. The molecule has 1 aliphatic rings. The lowest BCUT2D eigenvalue weighted by Crippen LogP contribution is -2.34. The van der Waals surface area contributed by atoms with Crippen molar-refractivity contribution in [3.05, 3.63) is 51.5 Å². The lowest BCUT2D eigenvalue weighted by Gasteiger charge is -2.30. The Hall–Kier alpha value is -1.23. The van der Waals surface area contributed by atoms with E-state index < -0.39 is 0 Å². The van der Waals surface area contributed by atoms with E-state index in [4.69, 9.17) is 5.84 Å². The fourth-order valence-corrected chi connectivity index (χ4v) is 4.20. The maximum atomic E-state index is 5.87. The summed E-state index contributed by atoms with van der Waals surface area (Å²) in [7, 11) is 0. The van der Waals surface area contributed by atoms with Gasteiger partial charge in [-0.15, -0.1) is 11.3 Å². The van der Waals surface area contributed by atoms with Gasteiger partial charge in [0, 0.05) is 27.6 Å². The second kappa shape index (κ2) is 6.04. The van der Waals surface area contributed by atoms with Crippen molar-refractivity contribution in [3.8, 4) is 0 Å². The number of nitrogens with two attached hydrogens (primary N) is 1. The Morgan fingerprint density at radius 1 is 1.45 bits per heavy atom. The van der Waals surface area contributed by atoms with Gasteiger partial charge in [-0.25, -0.2) is 0 Å². The molecule has 1 aliphatic carbocycles. The Morgan fingerprint density at radius 3 is 3.10 bits per heavy atom. The third kappa shape index (κ3) is 2.51. The Labute approximate surface area is 124 Å². The number of aromatic nitrogens is 1. The second-order valence-corrected chi connectivity index (χ2v) is 6.55. The molecule has 0 spiro atoms. The van der Waals surface area contributed by atoms with Gasteiger partial charge in [0.05, 0.1) is 6.04 Å². The van der Waals surface area contributed by atoms with Crippen LogP contribution in [0.1, 0.15) is 52.7 Å². The summed E-state index contributed by atoms with van der Waals surface area (Å²) in [6.45, 7) is 2.19. The van der Waals surface area contributed by atoms with Crippen molar-refractivity contribution in [2.24, 2.45) is 5.84 Å². The van der Waals surface area contributed by atoms with Crippen molar-refractivity contribution in [2.45, 2.75) is 44.6 Å². The van der Waals surface area contributed by atoms with Crippen molar-refractivity contribution >= 4 is 11.3 Å². The van der Waals surface area contributed by atoms with Gasteiger partial charge in [-0.3, -0.25) is 16.3 Å². The molecule has 4 heteroatoms. The zero-order chi connectivity index (χ0) is 13.9. The number of hydrogen-bond donors (Lipinski definition) is 2. The van der Waals surface area contributed by atoms with E-state index in [2.05, 4.69) is 35.5 Å². The number of nitrogens with one attached hydrogen (secondary N) is 1. The number of aryl methyl sites for hydroxylation is 2. The quantitative estimate of drug-likeness (QED) is 0.670. The SMILES string of the molecule is CCc1ccc(C(NN)C2CCCc3cccnc32)s1. The van der Waals surface area contributed by atoms with Gasteiger partial charge in [0.1, 0.15) is 0 Å². The summed E-state index contributed by atoms with van der Waals surface area (Å²) in [6.07, 6.45) is 6.49. The first kappa shape index (κ1) is 13.7. The number of nitrogens with zero attached hydrogens (tertiary/aromatic N) is 1. The Bertz CT molecular complexity index is 579. The molecule has 0 aliphatic heterocycles.